The lowest BCUT2D eigenvalue weighted by molar-refractivity contribution is 0.0195. The monoisotopic (exact) mass is 592 g/mol. The van der Waals surface area contributed by atoms with E-state index in [-0.39, 0.29) is 64.5 Å². The molecule has 0 radical (unpaired) electrons. The summed E-state index contributed by atoms with van der Waals surface area (Å²) in [4.78, 5) is 0. The van der Waals surface area contributed by atoms with Crippen LogP contribution in [0.1, 0.15) is 45.6 Å². The van der Waals surface area contributed by atoms with E-state index in [2.05, 4.69) is 0 Å². The lowest BCUT2D eigenvalue weighted by Crippen LogP contribution is -2.30. The van der Waals surface area contributed by atoms with Crippen molar-refractivity contribution in [1.29, 1.82) is 0 Å². The van der Waals surface area contributed by atoms with Crippen LogP contribution in [0.2, 0.25) is 0 Å². The number of rotatable bonds is 4. The van der Waals surface area contributed by atoms with Gasteiger partial charge in [-0.1, -0.05) is 12.1 Å². The Hall–Kier alpha value is -5.20. The van der Waals surface area contributed by atoms with Gasteiger partial charge in [0.1, 0.15) is 46.7 Å². The molecule has 0 bridgehead atoms. The Bertz CT molecular complexity index is 1620. The maximum Gasteiger partial charge on any atom is 0.157 e. The van der Waals surface area contributed by atoms with Crippen LogP contribution in [0.25, 0.3) is 0 Å². The molecule has 10 N–H and O–H groups in total. The number of aliphatic hydroxyl groups excluding tert-OH is 2. The molecule has 4 aromatic rings. The Balaban J connectivity index is 1.30. The van der Waals surface area contributed by atoms with Gasteiger partial charge in [0, 0.05) is 53.6 Å². The zero-order valence-corrected chi connectivity index (χ0v) is 22.3. The molecular weight excluding hydrogens is 564 g/mol. The van der Waals surface area contributed by atoms with Crippen molar-refractivity contribution >= 4 is 0 Å². The minimum atomic E-state index is -1.17. The Morgan fingerprint density at radius 2 is 0.907 bits per heavy atom. The van der Waals surface area contributed by atoms with Gasteiger partial charge in [0.25, 0.3) is 0 Å². The van der Waals surface area contributed by atoms with Gasteiger partial charge >= 0.3 is 0 Å². The van der Waals surface area contributed by atoms with Crippen LogP contribution >= 0.6 is 0 Å². The minimum absolute atomic E-state index is 0.0597. The SMILES string of the molecule is Oc1ccc([C@H]2Oc3cc(O)c(Cc4c(O)cc5c(c4O)C[C@H](O)[C@@H](c4ccc(O)c(O)c4)O5)c(O)c3C[C@@H]2O)cc1O. The van der Waals surface area contributed by atoms with E-state index in [1.165, 1.54) is 48.5 Å². The number of phenolic OH excluding ortho intramolecular Hbond substituents is 8. The Labute approximate surface area is 243 Å². The second-order valence-electron chi connectivity index (χ2n) is 10.7. The molecule has 224 valence electrons. The van der Waals surface area contributed by atoms with E-state index >= 15 is 0 Å². The van der Waals surface area contributed by atoms with Gasteiger partial charge in [-0.25, -0.2) is 0 Å². The van der Waals surface area contributed by atoms with E-state index in [1.54, 1.807) is 0 Å². The molecule has 2 aliphatic rings. The van der Waals surface area contributed by atoms with E-state index in [0.717, 1.165) is 0 Å². The van der Waals surface area contributed by atoms with Crippen LogP contribution in [-0.2, 0) is 19.3 Å². The highest BCUT2D eigenvalue weighted by Crippen LogP contribution is 2.50. The maximum absolute atomic E-state index is 11.1. The number of phenols is 8. The lowest BCUT2D eigenvalue weighted by atomic mass is 9.89. The van der Waals surface area contributed by atoms with E-state index in [1.807, 2.05) is 0 Å². The first-order chi connectivity index (χ1) is 20.4. The predicted molar refractivity (Wildman–Crippen MR) is 148 cm³/mol. The number of aromatic hydroxyl groups is 8. The fourth-order valence-electron chi connectivity index (χ4n) is 5.65. The van der Waals surface area contributed by atoms with Crippen molar-refractivity contribution in [3.8, 4) is 57.5 Å². The summed E-state index contributed by atoms with van der Waals surface area (Å²) in [6.07, 6.45) is -4.84. The molecule has 0 unspecified atom stereocenters. The molecule has 0 saturated heterocycles. The minimum Gasteiger partial charge on any atom is -0.507 e. The summed E-state index contributed by atoms with van der Waals surface area (Å²) in [6, 6.07) is 10.4. The van der Waals surface area contributed by atoms with Crippen LogP contribution in [0.5, 0.6) is 57.5 Å². The molecule has 4 atom stereocenters. The topological polar surface area (TPSA) is 221 Å². The fourth-order valence-corrected chi connectivity index (χ4v) is 5.65. The van der Waals surface area contributed by atoms with Crippen LogP contribution in [-0.4, -0.2) is 63.3 Å². The first-order valence-corrected chi connectivity index (χ1v) is 13.3. The molecule has 2 heterocycles. The smallest absolute Gasteiger partial charge is 0.157 e. The standard InChI is InChI=1S/C31H28O12/c32-18-3-1-12(5-22(18)36)30-24(38)8-16-26(42-30)10-20(34)14(28(16)40)7-15-21(35)11-27-17(29(15)41)9-25(39)31(43-27)13-2-4-19(33)23(37)6-13/h1-6,10-11,24-25,30-41H,7-9H2/t24-,25-,30+,31+/m0/s1. The Kier molecular flexibility index (Phi) is 6.67. The summed E-state index contributed by atoms with van der Waals surface area (Å²) in [5, 5.41) is 104. The highest BCUT2D eigenvalue weighted by molar-refractivity contribution is 5.63. The first-order valence-electron chi connectivity index (χ1n) is 13.3. The molecule has 12 nitrogen and oxygen atoms in total. The molecule has 12 heteroatoms. The van der Waals surface area contributed by atoms with Crippen molar-refractivity contribution in [2.45, 2.75) is 43.7 Å². The van der Waals surface area contributed by atoms with Crippen molar-refractivity contribution in [1.82, 2.24) is 0 Å². The van der Waals surface area contributed by atoms with Crippen molar-refractivity contribution in [2.24, 2.45) is 0 Å². The second-order valence-corrected chi connectivity index (χ2v) is 10.7. The van der Waals surface area contributed by atoms with Gasteiger partial charge in [-0.05, 0) is 35.4 Å². The van der Waals surface area contributed by atoms with Gasteiger partial charge in [-0.3, -0.25) is 0 Å². The van der Waals surface area contributed by atoms with Gasteiger partial charge in [0.05, 0.1) is 12.2 Å². The van der Waals surface area contributed by atoms with Gasteiger partial charge in [0.2, 0.25) is 0 Å². The van der Waals surface area contributed by atoms with Gasteiger partial charge in [-0.2, -0.15) is 0 Å². The number of fused-ring (bicyclic) bond motifs is 2. The van der Waals surface area contributed by atoms with Crippen LogP contribution < -0.4 is 9.47 Å². The van der Waals surface area contributed by atoms with Gasteiger partial charge < -0.3 is 60.5 Å². The van der Waals surface area contributed by atoms with E-state index in [4.69, 9.17) is 9.47 Å². The van der Waals surface area contributed by atoms with Crippen molar-refractivity contribution < 1.29 is 60.5 Å². The quantitative estimate of drug-likeness (QED) is 0.155. The van der Waals surface area contributed by atoms with Gasteiger partial charge in [0.15, 0.2) is 23.0 Å². The summed E-state index contributed by atoms with van der Waals surface area (Å²) >= 11 is 0. The molecule has 0 saturated carbocycles. The number of hydrogen-bond donors (Lipinski definition) is 10. The van der Waals surface area contributed by atoms with E-state index < -0.39 is 58.9 Å². The third-order valence-electron chi connectivity index (χ3n) is 7.94. The van der Waals surface area contributed by atoms with Crippen LogP contribution in [0.15, 0.2) is 48.5 Å². The number of ether oxygens (including phenoxy) is 2. The largest absolute Gasteiger partial charge is 0.507 e. The molecule has 0 aliphatic carbocycles. The molecule has 0 amide bonds. The molecule has 4 aromatic carbocycles. The lowest BCUT2D eigenvalue weighted by Gasteiger charge is -2.33. The normalized spacial score (nSPS) is 20.9. The van der Waals surface area contributed by atoms with Gasteiger partial charge in [-0.15, -0.1) is 0 Å². The van der Waals surface area contributed by atoms with Crippen LogP contribution in [0, 0.1) is 0 Å². The van der Waals surface area contributed by atoms with Crippen molar-refractivity contribution in [3.63, 3.8) is 0 Å². The maximum atomic E-state index is 11.1. The summed E-state index contributed by atoms with van der Waals surface area (Å²) in [5.74, 6) is -3.02. The highest BCUT2D eigenvalue weighted by atomic mass is 16.5. The van der Waals surface area contributed by atoms with Crippen molar-refractivity contribution in [3.05, 3.63) is 81.9 Å². The number of aliphatic hydroxyl groups is 2. The predicted octanol–water partition coefficient (Wildman–Crippen LogP) is 3.00. The summed E-state index contributed by atoms with van der Waals surface area (Å²) in [6.45, 7) is 0. The number of hydrogen-bond acceptors (Lipinski definition) is 12. The Morgan fingerprint density at radius 3 is 1.28 bits per heavy atom. The second kappa shape index (κ2) is 10.3. The molecule has 0 fully saturated rings. The fraction of sp³-hybridized carbons (Fsp3) is 0.226. The van der Waals surface area contributed by atoms with Crippen molar-refractivity contribution in [2.75, 3.05) is 0 Å². The van der Waals surface area contributed by atoms with Crippen LogP contribution in [0.4, 0.5) is 0 Å². The Morgan fingerprint density at radius 1 is 0.512 bits per heavy atom. The van der Waals surface area contributed by atoms with E-state index in [9.17, 15) is 51.1 Å². The number of benzene rings is 4. The summed E-state index contributed by atoms with van der Waals surface area (Å²) in [7, 11) is 0. The average molecular weight is 593 g/mol. The molecule has 0 spiro atoms. The third kappa shape index (κ3) is 4.76. The first kappa shape index (κ1) is 27.9. The molecule has 0 aromatic heterocycles. The van der Waals surface area contributed by atoms with E-state index in [0.29, 0.717) is 11.1 Å². The molecule has 6 rings (SSSR count). The average Bonchev–Trinajstić information content (AvgIpc) is 2.96. The zero-order chi connectivity index (χ0) is 30.7. The molecular formula is C31H28O12. The molecule has 43 heavy (non-hydrogen) atoms. The zero-order valence-electron chi connectivity index (χ0n) is 22.3. The highest BCUT2D eigenvalue weighted by Gasteiger charge is 2.36. The summed E-state index contributed by atoms with van der Waals surface area (Å²) in [5.41, 5.74) is 0.945. The van der Waals surface area contributed by atoms with Crippen LogP contribution in [0.3, 0.4) is 0 Å². The molecule has 2 aliphatic heterocycles. The summed E-state index contributed by atoms with van der Waals surface area (Å²) < 4.78 is 11.7. The third-order valence-corrected chi connectivity index (χ3v) is 7.94.